The van der Waals surface area contributed by atoms with E-state index in [4.69, 9.17) is 0 Å². The predicted octanol–water partition coefficient (Wildman–Crippen LogP) is 1.83. The average molecular weight is 292 g/mol. The zero-order valence-corrected chi connectivity index (χ0v) is 11.0. The lowest BCUT2D eigenvalue weighted by molar-refractivity contribution is -0.152. The first-order chi connectivity index (χ1) is 8.01. The number of carbonyl (C=O) groups excluding carboxylic acids is 1. The van der Waals surface area contributed by atoms with Gasteiger partial charge in [0.25, 0.3) is 0 Å². The molecule has 0 aromatic carbocycles. The van der Waals surface area contributed by atoms with Crippen molar-refractivity contribution < 1.29 is 35.3 Å². The van der Waals surface area contributed by atoms with E-state index < -0.39 is 27.7 Å². The Hall–Kier alpha value is -0.830. The third-order valence-electron chi connectivity index (χ3n) is 1.76. The van der Waals surface area contributed by atoms with E-state index in [1.807, 2.05) is 0 Å². The Balaban J connectivity index is 4.96. The van der Waals surface area contributed by atoms with Gasteiger partial charge in [-0.25, -0.2) is 8.98 Å². The highest BCUT2D eigenvalue weighted by Crippen LogP contribution is 2.27. The Morgan fingerprint density at radius 3 is 2.11 bits per heavy atom. The van der Waals surface area contributed by atoms with Crippen LogP contribution in [-0.4, -0.2) is 32.6 Å². The van der Waals surface area contributed by atoms with Crippen molar-refractivity contribution in [2.75, 3.05) is 6.61 Å². The van der Waals surface area contributed by atoms with Crippen LogP contribution in [0, 0.1) is 5.92 Å². The molecule has 0 N–H and O–H groups in total. The molecule has 0 aromatic rings. The van der Waals surface area contributed by atoms with Crippen molar-refractivity contribution in [3.8, 4) is 0 Å². The van der Waals surface area contributed by atoms with Crippen molar-refractivity contribution in [3.63, 3.8) is 0 Å². The summed E-state index contributed by atoms with van der Waals surface area (Å²) in [6.07, 6.45) is -1.97. The van der Waals surface area contributed by atoms with Crippen LogP contribution < -0.4 is 0 Å². The Morgan fingerprint density at radius 1 is 1.28 bits per heavy atom. The molecule has 0 radical (unpaired) electrons. The van der Waals surface area contributed by atoms with Crippen LogP contribution in [0.1, 0.15) is 27.2 Å². The number of hydrogen-bond acceptors (Lipinski definition) is 5. The van der Waals surface area contributed by atoms with Crippen LogP contribution in [0.2, 0.25) is 0 Å². The molecule has 9 heteroatoms. The second-order valence-electron chi connectivity index (χ2n) is 3.87. The Morgan fingerprint density at radius 2 is 1.78 bits per heavy atom. The van der Waals surface area contributed by atoms with Crippen molar-refractivity contribution in [3.05, 3.63) is 0 Å². The zero-order chi connectivity index (χ0) is 14.6. The van der Waals surface area contributed by atoms with Crippen LogP contribution in [-0.2, 0) is 23.8 Å². The summed E-state index contributed by atoms with van der Waals surface area (Å²) in [5.74, 6) is -1.36. The minimum Gasteiger partial charge on any atom is -0.464 e. The largest absolute Gasteiger partial charge is 0.523 e. The van der Waals surface area contributed by atoms with Gasteiger partial charge in [-0.1, -0.05) is 13.8 Å². The predicted molar refractivity (Wildman–Crippen MR) is 55.9 cm³/mol. The number of hydrogen-bond donors (Lipinski definition) is 0. The summed E-state index contributed by atoms with van der Waals surface area (Å²) in [5, 5.41) is 0. The van der Waals surface area contributed by atoms with Gasteiger partial charge in [0.05, 0.1) is 6.61 Å². The Labute approximate surface area is 103 Å². The molecule has 5 nitrogen and oxygen atoms in total. The van der Waals surface area contributed by atoms with Crippen LogP contribution in [0.25, 0.3) is 0 Å². The molecule has 0 aliphatic heterocycles. The second kappa shape index (κ2) is 6.37. The van der Waals surface area contributed by atoms with Gasteiger partial charge in [0.1, 0.15) is 0 Å². The number of carbonyl (C=O) groups is 1. The first-order valence-corrected chi connectivity index (χ1v) is 6.58. The summed E-state index contributed by atoms with van der Waals surface area (Å²) in [4.78, 5) is 11.3. The molecule has 0 heterocycles. The highest BCUT2D eigenvalue weighted by atomic mass is 32.2. The molecule has 108 valence electrons. The van der Waals surface area contributed by atoms with Gasteiger partial charge in [-0.2, -0.15) is 21.6 Å². The van der Waals surface area contributed by atoms with E-state index in [-0.39, 0.29) is 18.9 Å². The maximum absolute atomic E-state index is 12.1. The molecule has 0 saturated heterocycles. The van der Waals surface area contributed by atoms with Crippen molar-refractivity contribution in [2.24, 2.45) is 5.92 Å². The monoisotopic (exact) mass is 292 g/mol. The van der Waals surface area contributed by atoms with Crippen molar-refractivity contribution in [2.45, 2.75) is 38.8 Å². The summed E-state index contributed by atoms with van der Waals surface area (Å²) >= 11 is 0. The summed E-state index contributed by atoms with van der Waals surface area (Å²) in [7, 11) is -5.81. The summed E-state index contributed by atoms with van der Waals surface area (Å²) in [6.45, 7) is 4.58. The van der Waals surface area contributed by atoms with Gasteiger partial charge in [-0.3, -0.25) is 0 Å². The van der Waals surface area contributed by atoms with Crippen LogP contribution >= 0.6 is 0 Å². The SMILES string of the molecule is CCOC(=O)[C@H](CC(C)C)OS(=O)(=O)C(F)(F)F. The second-order valence-corrected chi connectivity index (χ2v) is 5.43. The number of rotatable bonds is 6. The fraction of sp³-hybridized carbons (Fsp3) is 0.889. The highest BCUT2D eigenvalue weighted by Gasteiger charge is 2.49. The normalized spacial score (nSPS) is 14.6. The van der Waals surface area contributed by atoms with Gasteiger partial charge >= 0.3 is 21.6 Å². The lowest BCUT2D eigenvalue weighted by Crippen LogP contribution is -2.36. The maximum Gasteiger partial charge on any atom is 0.523 e. The molecule has 18 heavy (non-hydrogen) atoms. The van der Waals surface area contributed by atoms with Crippen LogP contribution in [0.4, 0.5) is 13.2 Å². The van der Waals surface area contributed by atoms with Gasteiger partial charge < -0.3 is 4.74 Å². The Bertz CT molecular complexity index is 374. The van der Waals surface area contributed by atoms with E-state index in [0.29, 0.717) is 0 Å². The molecule has 0 aromatic heterocycles. The number of ether oxygens (including phenoxy) is 1. The highest BCUT2D eigenvalue weighted by molar-refractivity contribution is 7.87. The van der Waals surface area contributed by atoms with Gasteiger partial charge in [-0.15, -0.1) is 0 Å². The van der Waals surface area contributed by atoms with E-state index in [1.165, 1.54) is 6.92 Å². The molecule has 0 rings (SSSR count). The summed E-state index contributed by atoms with van der Waals surface area (Å²) in [6, 6.07) is 0. The number of halogens is 3. The summed E-state index contributed by atoms with van der Waals surface area (Å²) < 4.78 is 66.3. The van der Waals surface area contributed by atoms with Gasteiger partial charge in [0, 0.05) is 0 Å². The van der Waals surface area contributed by atoms with Gasteiger partial charge in [0.15, 0.2) is 6.10 Å². The van der Waals surface area contributed by atoms with E-state index in [0.717, 1.165) is 0 Å². The minimum absolute atomic E-state index is 0.0805. The molecule has 0 aliphatic carbocycles. The third kappa shape index (κ3) is 5.21. The van der Waals surface area contributed by atoms with Crippen LogP contribution in [0.5, 0.6) is 0 Å². The van der Waals surface area contributed by atoms with Gasteiger partial charge in [0.2, 0.25) is 0 Å². The average Bonchev–Trinajstić information content (AvgIpc) is 2.14. The minimum atomic E-state index is -5.81. The molecule has 0 aliphatic rings. The standard InChI is InChI=1S/C9H15F3O5S/c1-4-16-8(13)7(5-6(2)3)17-18(14,15)9(10,11)12/h6-7H,4-5H2,1-3H3/t7-/m0/s1. The molecule has 1 atom stereocenters. The molecule has 0 unspecified atom stereocenters. The van der Waals surface area contributed by atoms with Crippen molar-refractivity contribution in [1.29, 1.82) is 0 Å². The zero-order valence-electron chi connectivity index (χ0n) is 10.2. The van der Waals surface area contributed by atoms with Crippen molar-refractivity contribution >= 4 is 16.1 Å². The lowest BCUT2D eigenvalue weighted by atomic mass is 10.1. The molecule has 0 spiro atoms. The van der Waals surface area contributed by atoms with Gasteiger partial charge in [-0.05, 0) is 19.3 Å². The third-order valence-corrected chi connectivity index (χ3v) is 2.81. The lowest BCUT2D eigenvalue weighted by Gasteiger charge is -2.18. The molecule has 0 amide bonds. The molecule has 0 bridgehead atoms. The van der Waals surface area contributed by atoms with E-state index >= 15 is 0 Å². The molecule has 0 fully saturated rings. The fourth-order valence-corrected chi connectivity index (χ4v) is 1.62. The molecule has 0 saturated carbocycles. The quantitative estimate of drug-likeness (QED) is 0.424. The molecular weight excluding hydrogens is 277 g/mol. The molecular formula is C9H15F3O5S. The summed E-state index contributed by atoms with van der Waals surface area (Å²) in [5.41, 5.74) is -5.56. The smallest absolute Gasteiger partial charge is 0.464 e. The van der Waals surface area contributed by atoms with E-state index in [9.17, 15) is 26.4 Å². The number of esters is 1. The van der Waals surface area contributed by atoms with E-state index in [2.05, 4.69) is 8.92 Å². The van der Waals surface area contributed by atoms with Crippen molar-refractivity contribution in [1.82, 2.24) is 0 Å². The fourth-order valence-electron chi connectivity index (χ4n) is 1.05. The van der Waals surface area contributed by atoms with Crippen LogP contribution in [0.15, 0.2) is 0 Å². The number of alkyl halides is 3. The van der Waals surface area contributed by atoms with E-state index in [1.54, 1.807) is 13.8 Å². The topological polar surface area (TPSA) is 69.7 Å². The first kappa shape index (κ1) is 17.2. The first-order valence-electron chi connectivity index (χ1n) is 5.17. The maximum atomic E-state index is 12.1. The Kier molecular flexibility index (Phi) is 6.08. The van der Waals surface area contributed by atoms with Crippen LogP contribution in [0.3, 0.4) is 0 Å².